The van der Waals surface area contributed by atoms with Gasteiger partial charge in [0.05, 0.1) is 27.5 Å². The molecule has 2 amide bonds. The summed E-state index contributed by atoms with van der Waals surface area (Å²) in [6.45, 7) is 2.31. The first kappa shape index (κ1) is 28.9. The Morgan fingerprint density at radius 3 is 2.33 bits per heavy atom. The summed E-state index contributed by atoms with van der Waals surface area (Å²) in [6.07, 6.45) is 10.1. The van der Waals surface area contributed by atoms with Gasteiger partial charge >= 0.3 is 0 Å². The summed E-state index contributed by atoms with van der Waals surface area (Å²) >= 11 is 0. The summed E-state index contributed by atoms with van der Waals surface area (Å²) < 4.78 is 16.7. The van der Waals surface area contributed by atoms with Gasteiger partial charge in [0.2, 0.25) is 11.7 Å². The van der Waals surface area contributed by atoms with Crippen LogP contribution in [-0.2, 0) is 11.2 Å². The molecule has 3 aromatic rings. The quantitative estimate of drug-likeness (QED) is 0.372. The highest BCUT2D eigenvalue weighted by molar-refractivity contribution is 5.96. The lowest BCUT2D eigenvalue weighted by atomic mass is 9.94. The molecule has 0 radical (unpaired) electrons. The maximum Gasteiger partial charge on any atom is 0.275 e. The first-order chi connectivity index (χ1) is 19.4. The predicted octanol–water partition coefficient (Wildman–Crippen LogP) is 4.69. The molecule has 0 saturated heterocycles. The third kappa shape index (κ3) is 6.89. The van der Waals surface area contributed by atoms with Gasteiger partial charge in [0.25, 0.3) is 5.91 Å². The van der Waals surface area contributed by atoms with Crippen molar-refractivity contribution < 1.29 is 23.8 Å². The minimum absolute atomic E-state index is 0.0519. The number of carbonyl (C=O) groups excluding carboxylic acids is 2. The van der Waals surface area contributed by atoms with E-state index in [4.69, 9.17) is 14.2 Å². The summed E-state index contributed by atoms with van der Waals surface area (Å²) in [7, 11) is 4.58. The number of hydrogen-bond acceptors (Lipinski definition) is 7. The molecule has 4 rings (SSSR count). The Hall–Kier alpha value is -4.14. The van der Waals surface area contributed by atoms with E-state index in [-0.39, 0.29) is 24.2 Å². The average Bonchev–Trinajstić information content (AvgIpc) is 2.99. The summed E-state index contributed by atoms with van der Waals surface area (Å²) in [5.74, 6) is 0.559. The van der Waals surface area contributed by atoms with E-state index in [2.05, 4.69) is 21.4 Å². The van der Waals surface area contributed by atoms with Gasteiger partial charge in [-0.15, -0.1) is 0 Å². The molecule has 1 saturated carbocycles. The van der Waals surface area contributed by atoms with Crippen molar-refractivity contribution in [1.29, 1.82) is 0 Å². The molecule has 2 aromatic carbocycles. The van der Waals surface area contributed by atoms with Gasteiger partial charge < -0.3 is 24.4 Å². The fourth-order valence-corrected chi connectivity index (χ4v) is 5.28. The van der Waals surface area contributed by atoms with Crippen LogP contribution < -0.4 is 19.5 Å². The van der Waals surface area contributed by atoms with Crippen molar-refractivity contribution in [2.45, 2.75) is 57.5 Å². The van der Waals surface area contributed by atoms with Gasteiger partial charge in [-0.1, -0.05) is 49.1 Å². The molecule has 0 unspecified atom stereocenters. The maximum atomic E-state index is 14.2. The van der Waals surface area contributed by atoms with Gasteiger partial charge in [0.15, 0.2) is 11.5 Å². The van der Waals surface area contributed by atoms with Crippen molar-refractivity contribution in [1.82, 2.24) is 20.2 Å². The molecule has 1 atom stereocenters. The average molecular weight is 547 g/mol. The molecule has 1 fully saturated rings. The van der Waals surface area contributed by atoms with Crippen LogP contribution in [0, 0.1) is 6.92 Å². The Balaban J connectivity index is 1.80. The normalized spacial score (nSPS) is 14.2. The fourth-order valence-electron chi connectivity index (χ4n) is 5.28. The SMILES string of the molecule is COc1cc([C@@H](C(=O)NC2CCCCC2)N(CCc2cccc(C)c2)C(=O)c2cnccn2)cc(OC)c1OC. The summed E-state index contributed by atoms with van der Waals surface area (Å²) in [5, 5.41) is 3.23. The fraction of sp³-hybridized carbons (Fsp3) is 0.419. The first-order valence-electron chi connectivity index (χ1n) is 13.7. The first-order valence-corrected chi connectivity index (χ1v) is 13.7. The zero-order valence-corrected chi connectivity index (χ0v) is 23.7. The lowest BCUT2D eigenvalue weighted by Gasteiger charge is -2.33. The Kier molecular flexibility index (Phi) is 9.94. The van der Waals surface area contributed by atoms with Crippen LogP contribution >= 0.6 is 0 Å². The highest BCUT2D eigenvalue weighted by Crippen LogP contribution is 2.41. The minimum atomic E-state index is -0.977. The number of methoxy groups -OCH3 is 3. The van der Waals surface area contributed by atoms with Crippen LogP contribution in [0.1, 0.15) is 65.3 Å². The minimum Gasteiger partial charge on any atom is -0.493 e. The van der Waals surface area contributed by atoms with Gasteiger partial charge in [-0.2, -0.15) is 0 Å². The monoisotopic (exact) mass is 546 g/mol. The largest absolute Gasteiger partial charge is 0.493 e. The molecule has 40 heavy (non-hydrogen) atoms. The molecule has 1 aliphatic rings. The number of aromatic nitrogens is 2. The van der Waals surface area contributed by atoms with Crippen molar-refractivity contribution >= 4 is 11.8 Å². The molecule has 0 spiro atoms. The maximum absolute atomic E-state index is 14.2. The van der Waals surface area contributed by atoms with Crippen molar-refractivity contribution in [3.05, 3.63) is 77.4 Å². The van der Waals surface area contributed by atoms with E-state index in [1.54, 1.807) is 17.0 Å². The van der Waals surface area contributed by atoms with E-state index in [1.165, 1.54) is 39.9 Å². The number of carbonyl (C=O) groups is 2. The number of ether oxygens (including phenoxy) is 3. The van der Waals surface area contributed by atoms with E-state index in [0.29, 0.717) is 29.2 Å². The Bertz CT molecular complexity index is 1270. The van der Waals surface area contributed by atoms with Crippen LogP contribution in [0.2, 0.25) is 0 Å². The second kappa shape index (κ2) is 13.8. The van der Waals surface area contributed by atoms with Crippen LogP contribution in [0.4, 0.5) is 0 Å². The molecule has 0 aliphatic heterocycles. The Labute approximate surface area is 235 Å². The van der Waals surface area contributed by atoms with Gasteiger partial charge in [-0.3, -0.25) is 14.6 Å². The van der Waals surface area contributed by atoms with Crippen LogP contribution in [0.25, 0.3) is 0 Å². The molecular weight excluding hydrogens is 508 g/mol. The van der Waals surface area contributed by atoms with Crippen molar-refractivity contribution in [3.63, 3.8) is 0 Å². The predicted molar refractivity (Wildman–Crippen MR) is 152 cm³/mol. The van der Waals surface area contributed by atoms with Crippen LogP contribution in [-0.4, -0.2) is 60.6 Å². The van der Waals surface area contributed by atoms with Gasteiger partial charge in [-0.25, -0.2) is 4.98 Å². The number of aryl methyl sites for hydroxylation is 1. The highest BCUT2D eigenvalue weighted by atomic mass is 16.5. The Morgan fingerprint density at radius 2 is 1.73 bits per heavy atom. The van der Waals surface area contributed by atoms with Crippen LogP contribution in [0.5, 0.6) is 17.2 Å². The summed E-state index contributed by atoms with van der Waals surface area (Å²) in [4.78, 5) is 38.1. The number of rotatable bonds is 11. The molecule has 0 bridgehead atoms. The van der Waals surface area contributed by atoms with Gasteiger partial charge in [-0.05, 0) is 49.4 Å². The van der Waals surface area contributed by atoms with Crippen molar-refractivity contribution in [2.24, 2.45) is 0 Å². The molecule has 1 N–H and O–H groups in total. The van der Waals surface area contributed by atoms with E-state index in [1.807, 2.05) is 25.1 Å². The molecule has 9 heteroatoms. The molecular formula is C31H38N4O5. The van der Waals surface area contributed by atoms with E-state index < -0.39 is 11.9 Å². The van der Waals surface area contributed by atoms with Crippen LogP contribution in [0.15, 0.2) is 55.0 Å². The molecule has 1 heterocycles. The van der Waals surface area contributed by atoms with Gasteiger partial charge in [0.1, 0.15) is 11.7 Å². The molecule has 9 nitrogen and oxygen atoms in total. The number of nitrogens with one attached hydrogen (secondary N) is 1. The lowest BCUT2D eigenvalue weighted by Crippen LogP contribution is -2.48. The van der Waals surface area contributed by atoms with E-state index in [0.717, 1.165) is 43.2 Å². The lowest BCUT2D eigenvalue weighted by molar-refractivity contribution is -0.126. The smallest absolute Gasteiger partial charge is 0.275 e. The van der Waals surface area contributed by atoms with Crippen LogP contribution in [0.3, 0.4) is 0 Å². The number of amides is 2. The summed E-state index contributed by atoms with van der Waals surface area (Å²) in [5.41, 5.74) is 2.90. The highest BCUT2D eigenvalue weighted by Gasteiger charge is 2.35. The number of hydrogen-bond donors (Lipinski definition) is 1. The Morgan fingerprint density at radius 1 is 1.00 bits per heavy atom. The number of benzene rings is 2. The molecule has 212 valence electrons. The topological polar surface area (TPSA) is 103 Å². The third-order valence-corrected chi connectivity index (χ3v) is 7.28. The van der Waals surface area contributed by atoms with E-state index in [9.17, 15) is 9.59 Å². The van der Waals surface area contributed by atoms with Crippen molar-refractivity contribution in [3.8, 4) is 17.2 Å². The zero-order valence-electron chi connectivity index (χ0n) is 23.7. The van der Waals surface area contributed by atoms with E-state index >= 15 is 0 Å². The van der Waals surface area contributed by atoms with Gasteiger partial charge in [0, 0.05) is 25.0 Å². The molecule has 1 aliphatic carbocycles. The third-order valence-electron chi connectivity index (χ3n) is 7.28. The molecule has 1 aromatic heterocycles. The van der Waals surface area contributed by atoms with Crippen molar-refractivity contribution in [2.75, 3.05) is 27.9 Å². The summed E-state index contributed by atoms with van der Waals surface area (Å²) in [6, 6.07) is 10.7. The standard InChI is InChI=1S/C31H38N4O5/c1-21-9-8-10-22(17-21)13-16-35(31(37)25-20-32-14-15-33-25)28(30(36)34-24-11-6-5-7-12-24)23-18-26(38-2)29(40-4)27(19-23)39-3/h8-10,14-15,17-20,24,28H,5-7,11-13,16H2,1-4H3,(H,34,36)/t28-/m0/s1. The zero-order chi connectivity index (χ0) is 28.5. The number of nitrogens with zero attached hydrogens (tertiary/aromatic N) is 3. The second-order valence-electron chi connectivity index (χ2n) is 10.0. The second-order valence-corrected chi connectivity index (χ2v) is 10.0.